The Bertz CT molecular complexity index is 694. The number of aromatic nitrogens is 2. The molecular formula is C15H20N4O3. The van der Waals surface area contributed by atoms with E-state index in [-0.39, 0.29) is 11.3 Å². The minimum atomic E-state index is -0.0684. The first-order valence-electron chi connectivity index (χ1n) is 7.01. The van der Waals surface area contributed by atoms with Crippen molar-refractivity contribution in [1.82, 2.24) is 14.9 Å². The number of nitrogens with zero attached hydrogens (tertiary/aromatic N) is 2. The summed E-state index contributed by atoms with van der Waals surface area (Å²) in [4.78, 5) is 15.5. The van der Waals surface area contributed by atoms with E-state index in [2.05, 4.69) is 10.3 Å². The van der Waals surface area contributed by atoms with Gasteiger partial charge in [-0.3, -0.25) is 10.2 Å². The van der Waals surface area contributed by atoms with E-state index in [1.807, 2.05) is 11.6 Å². The van der Waals surface area contributed by atoms with E-state index in [1.54, 1.807) is 13.2 Å². The molecule has 2 rings (SSSR count). The second-order valence-corrected chi connectivity index (χ2v) is 4.97. The summed E-state index contributed by atoms with van der Waals surface area (Å²) in [6.07, 6.45) is 1.70. The summed E-state index contributed by atoms with van der Waals surface area (Å²) < 4.78 is 6.80. The minimum Gasteiger partial charge on any atom is -0.507 e. The Morgan fingerprint density at radius 3 is 3.00 bits per heavy atom. The molecule has 0 saturated heterocycles. The number of rotatable bonds is 7. The number of benzene rings is 1. The highest BCUT2D eigenvalue weighted by Gasteiger charge is 2.14. The molecule has 1 aromatic heterocycles. The van der Waals surface area contributed by atoms with Crippen LogP contribution in [0.3, 0.4) is 0 Å². The number of amidine groups is 1. The second kappa shape index (κ2) is 7.04. The highest BCUT2D eigenvalue weighted by atomic mass is 16.5. The second-order valence-electron chi connectivity index (χ2n) is 4.97. The van der Waals surface area contributed by atoms with Crippen LogP contribution in [-0.2, 0) is 18.2 Å². The standard InChI is InChI=1S/C15H20N4O3/c1-19-11-3-4-12(21)10(9-20)15(11)18-14(19)6-5-13(16)17-7-8-22-2/h3-4,9,21H,5-8H2,1-2H3,(H2,16,17). The number of aryl methyl sites for hydroxylation is 2. The van der Waals surface area contributed by atoms with Gasteiger partial charge in [-0.2, -0.15) is 0 Å². The van der Waals surface area contributed by atoms with Gasteiger partial charge < -0.3 is 19.7 Å². The number of carbonyl (C=O) groups excluding carboxylic acids is 1. The van der Waals surface area contributed by atoms with Crippen molar-refractivity contribution in [3.63, 3.8) is 0 Å². The molecule has 0 aliphatic heterocycles. The van der Waals surface area contributed by atoms with Crippen molar-refractivity contribution in [2.24, 2.45) is 7.05 Å². The van der Waals surface area contributed by atoms with E-state index in [0.29, 0.717) is 43.6 Å². The largest absolute Gasteiger partial charge is 0.507 e. The molecule has 0 amide bonds. The van der Waals surface area contributed by atoms with Gasteiger partial charge in [0, 0.05) is 33.5 Å². The molecule has 7 heteroatoms. The molecule has 0 saturated carbocycles. The summed E-state index contributed by atoms with van der Waals surface area (Å²) in [5.74, 6) is 1.12. The zero-order valence-electron chi connectivity index (χ0n) is 12.7. The fourth-order valence-corrected chi connectivity index (χ4v) is 2.29. The van der Waals surface area contributed by atoms with E-state index in [9.17, 15) is 9.90 Å². The molecule has 118 valence electrons. The SMILES string of the molecule is COCCNC(=N)CCc1nc2c(C=O)c(O)ccc2n1C. The van der Waals surface area contributed by atoms with Crippen molar-refractivity contribution in [2.75, 3.05) is 20.3 Å². The smallest absolute Gasteiger partial charge is 0.156 e. The number of nitrogens with one attached hydrogen (secondary N) is 2. The average molecular weight is 304 g/mol. The van der Waals surface area contributed by atoms with Crippen LogP contribution in [0.15, 0.2) is 12.1 Å². The van der Waals surface area contributed by atoms with Gasteiger partial charge >= 0.3 is 0 Å². The van der Waals surface area contributed by atoms with Crippen LogP contribution in [0.2, 0.25) is 0 Å². The van der Waals surface area contributed by atoms with Crippen LogP contribution in [0.5, 0.6) is 5.75 Å². The van der Waals surface area contributed by atoms with Gasteiger partial charge in [-0.25, -0.2) is 4.98 Å². The maximum atomic E-state index is 11.1. The van der Waals surface area contributed by atoms with Gasteiger partial charge in [0.05, 0.1) is 23.5 Å². The van der Waals surface area contributed by atoms with Crippen LogP contribution in [-0.4, -0.2) is 47.0 Å². The number of carbonyl (C=O) groups is 1. The highest BCUT2D eigenvalue weighted by Crippen LogP contribution is 2.25. The zero-order valence-corrected chi connectivity index (χ0v) is 12.7. The Morgan fingerprint density at radius 1 is 1.55 bits per heavy atom. The molecular weight excluding hydrogens is 284 g/mol. The Labute approximate surface area is 128 Å². The number of aldehydes is 1. The first kappa shape index (κ1) is 16.0. The molecule has 1 aromatic carbocycles. The van der Waals surface area contributed by atoms with Crippen molar-refractivity contribution < 1.29 is 14.6 Å². The number of ether oxygens (including phenoxy) is 1. The Hall–Kier alpha value is -2.41. The van der Waals surface area contributed by atoms with Crippen LogP contribution in [0.4, 0.5) is 0 Å². The molecule has 0 aliphatic carbocycles. The van der Waals surface area contributed by atoms with Crippen molar-refractivity contribution in [3.05, 3.63) is 23.5 Å². The molecule has 0 unspecified atom stereocenters. The molecule has 3 N–H and O–H groups in total. The minimum absolute atomic E-state index is 0.0684. The molecule has 0 aliphatic rings. The maximum Gasteiger partial charge on any atom is 0.156 e. The topological polar surface area (TPSA) is 100 Å². The lowest BCUT2D eigenvalue weighted by molar-refractivity contribution is 0.112. The van der Waals surface area contributed by atoms with E-state index >= 15 is 0 Å². The average Bonchev–Trinajstić information content (AvgIpc) is 2.82. The molecule has 2 aromatic rings. The predicted octanol–water partition coefficient (Wildman–Crippen LogP) is 1.24. The van der Waals surface area contributed by atoms with Crippen molar-refractivity contribution in [3.8, 4) is 5.75 Å². The maximum absolute atomic E-state index is 11.1. The number of fused-ring (bicyclic) bond motifs is 1. The molecule has 0 radical (unpaired) electrons. The van der Waals surface area contributed by atoms with Gasteiger partial charge in [0.1, 0.15) is 17.1 Å². The molecule has 0 atom stereocenters. The van der Waals surface area contributed by atoms with Crippen LogP contribution in [0, 0.1) is 5.41 Å². The number of hydrogen-bond acceptors (Lipinski definition) is 5. The van der Waals surface area contributed by atoms with Gasteiger partial charge in [-0.05, 0) is 12.1 Å². The quantitative estimate of drug-likeness (QED) is 0.309. The summed E-state index contributed by atoms with van der Waals surface area (Å²) >= 11 is 0. The number of aromatic hydroxyl groups is 1. The lowest BCUT2D eigenvalue weighted by Crippen LogP contribution is -2.26. The third kappa shape index (κ3) is 3.25. The number of phenols is 1. The van der Waals surface area contributed by atoms with E-state index in [4.69, 9.17) is 10.1 Å². The van der Waals surface area contributed by atoms with Crippen LogP contribution < -0.4 is 5.32 Å². The van der Waals surface area contributed by atoms with Gasteiger partial charge in [0.15, 0.2) is 6.29 Å². The Morgan fingerprint density at radius 2 is 2.32 bits per heavy atom. The zero-order chi connectivity index (χ0) is 16.1. The molecule has 0 bridgehead atoms. The van der Waals surface area contributed by atoms with E-state index in [0.717, 1.165) is 11.3 Å². The van der Waals surface area contributed by atoms with Gasteiger partial charge in [0.25, 0.3) is 0 Å². The fourth-order valence-electron chi connectivity index (χ4n) is 2.29. The molecule has 0 spiro atoms. The van der Waals surface area contributed by atoms with Crippen molar-refractivity contribution in [2.45, 2.75) is 12.8 Å². The molecule has 22 heavy (non-hydrogen) atoms. The van der Waals surface area contributed by atoms with Crippen molar-refractivity contribution >= 4 is 23.2 Å². The third-order valence-corrected chi connectivity index (χ3v) is 3.52. The van der Waals surface area contributed by atoms with Gasteiger partial charge in [-0.1, -0.05) is 0 Å². The van der Waals surface area contributed by atoms with Crippen LogP contribution in [0.25, 0.3) is 11.0 Å². The van der Waals surface area contributed by atoms with Crippen molar-refractivity contribution in [1.29, 1.82) is 5.41 Å². The third-order valence-electron chi connectivity index (χ3n) is 3.52. The van der Waals surface area contributed by atoms with E-state index in [1.165, 1.54) is 6.07 Å². The lowest BCUT2D eigenvalue weighted by Gasteiger charge is -2.07. The summed E-state index contributed by atoms with van der Waals surface area (Å²) in [5, 5.41) is 20.5. The summed E-state index contributed by atoms with van der Waals surface area (Å²) in [6.45, 7) is 1.15. The Balaban J connectivity index is 2.14. The number of imidazole rings is 1. The normalized spacial score (nSPS) is 10.8. The number of phenolic OH excluding ortho intramolecular Hbond substituents is 1. The Kier molecular flexibility index (Phi) is 5.11. The van der Waals surface area contributed by atoms with Crippen LogP contribution in [0.1, 0.15) is 22.6 Å². The summed E-state index contributed by atoms with van der Waals surface area (Å²) in [7, 11) is 3.48. The molecule has 7 nitrogen and oxygen atoms in total. The summed E-state index contributed by atoms with van der Waals surface area (Å²) in [6, 6.07) is 3.22. The predicted molar refractivity (Wildman–Crippen MR) is 83.7 cm³/mol. The van der Waals surface area contributed by atoms with Crippen LogP contribution >= 0.6 is 0 Å². The molecule has 0 fully saturated rings. The summed E-state index contributed by atoms with van der Waals surface area (Å²) in [5.41, 5.74) is 1.48. The van der Waals surface area contributed by atoms with Gasteiger partial charge in [-0.15, -0.1) is 0 Å². The number of methoxy groups -OCH3 is 1. The highest BCUT2D eigenvalue weighted by molar-refractivity contribution is 5.97. The van der Waals surface area contributed by atoms with E-state index < -0.39 is 0 Å². The first-order valence-corrected chi connectivity index (χ1v) is 7.01. The van der Waals surface area contributed by atoms with Gasteiger partial charge in [0.2, 0.25) is 0 Å². The number of hydrogen-bond donors (Lipinski definition) is 3. The first-order chi connectivity index (χ1) is 10.6. The fraction of sp³-hybridized carbons (Fsp3) is 0.400. The monoisotopic (exact) mass is 304 g/mol. The lowest BCUT2D eigenvalue weighted by atomic mass is 10.2. The molecule has 1 heterocycles.